The lowest BCUT2D eigenvalue weighted by Crippen LogP contribution is -2.21. The standard InChI is InChI=1S/C13H12N2O5/c1-6-11-9(3-10(12(14)17)13(18)20-11)8(4-15-6)5-19-7(2)16/h3-4H,5H2,1-2H3,(H2,14,17). The highest BCUT2D eigenvalue weighted by atomic mass is 16.5. The van der Waals surface area contributed by atoms with Gasteiger partial charge in [0.15, 0.2) is 5.58 Å². The predicted molar refractivity (Wildman–Crippen MR) is 69.0 cm³/mol. The smallest absolute Gasteiger partial charge is 0.349 e. The van der Waals surface area contributed by atoms with Crippen molar-refractivity contribution in [3.8, 4) is 0 Å². The van der Waals surface area contributed by atoms with Crippen LogP contribution in [-0.2, 0) is 16.1 Å². The van der Waals surface area contributed by atoms with E-state index in [9.17, 15) is 14.4 Å². The third-order valence-electron chi connectivity index (χ3n) is 2.73. The summed E-state index contributed by atoms with van der Waals surface area (Å²) in [5.74, 6) is -1.33. The van der Waals surface area contributed by atoms with Gasteiger partial charge in [-0.1, -0.05) is 0 Å². The summed E-state index contributed by atoms with van der Waals surface area (Å²) in [6.07, 6.45) is 1.49. The molecule has 20 heavy (non-hydrogen) atoms. The maximum absolute atomic E-state index is 11.6. The van der Waals surface area contributed by atoms with Gasteiger partial charge in [-0.2, -0.15) is 0 Å². The number of carbonyl (C=O) groups excluding carboxylic acids is 2. The Balaban J connectivity index is 2.67. The third-order valence-corrected chi connectivity index (χ3v) is 2.73. The van der Waals surface area contributed by atoms with Gasteiger partial charge in [-0.3, -0.25) is 14.6 Å². The second kappa shape index (κ2) is 5.12. The van der Waals surface area contributed by atoms with E-state index in [0.29, 0.717) is 16.6 Å². The molecule has 0 aromatic carbocycles. The van der Waals surface area contributed by atoms with E-state index in [-0.39, 0.29) is 17.8 Å². The molecular weight excluding hydrogens is 264 g/mol. The van der Waals surface area contributed by atoms with Crippen molar-refractivity contribution in [1.29, 1.82) is 0 Å². The first-order valence-corrected chi connectivity index (χ1v) is 5.75. The Kier molecular flexibility index (Phi) is 3.51. The number of hydrogen-bond acceptors (Lipinski definition) is 6. The molecule has 0 aliphatic carbocycles. The highest BCUT2D eigenvalue weighted by Crippen LogP contribution is 2.21. The average Bonchev–Trinajstić information content (AvgIpc) is 2.37. The summed E-state index contributed by atoms with van der Waals surface area (Å²) in [6.45, 7) is 2.90. The molecule has 0 bridgehead atoms. The van der Waals surface area contributed by atoms with Crippen LogP contribution in [0.1, 0.15) is 28.5 Å². The second-order valence-electron chi connectivity index (χ2n) is 4.20. The number of carbonyl (C=O) groups is 2. The summed E-state index contributed by atoms with van der Waals surface area (Å²) in [5, 5.41) is 0.465. The molecule has 104 valence electrons. The third kappa shape index (κ3) is 2.51. The van der Waals surface area contributed by atoms with Crippen LogP contribution in [-0.4, -0.2) is 16.9 Å². The molecule has 2 heterocycles. The molecule has 7 nitrogen and oxygen atoms in total. The Morgan fingerprint density at radius 3 is 2.75 bits per heavy atom. The SMILES string of the molecule is CC(=O)OCc1cnc(C)c2oc(=O)c(C(N)=O)cc12. The van der Waals surface area contributed by atoms with Crippen LogP contribution in [0.4, 0.5) is 0 Å². The van der Waals surface area contributed by atoms with E-state index in [1.54, 1.807) is 6.92 Å². The van der Waals surface area contributed by atoms with Gasteiger partial charge in [0.25, 0.3) is 5.91 Å². The fourth-order valence-corrected chi connectivity index (χ4v) is 1.75. The topological polar surface area (TPSA) is 112 Å². The number of pyridine rings is 1. The molecule has 0 saturated carbocycles. The van der Waals surface area contributed by atoms with Crippen LogP contribution >= 0.6 is 0 Å². The van der Waals surface area contributed by atoms with E-state index in [0.717, 1.165) is 0 Å². The van der Waals surface area contributed by atoms with Crippen molar-refractivity contribution in [2.24, 2.45) is 5.73 Å². The van der Waals surface area contributed by atoms with Gasteiger partial charge in [0, 0.05) is 24.1 Å². The maximum Gasteiger partial charge on any atom is 0.349 e. The number of amides is 1. The Morgan fingerprint density at radius 1 is 1.45 bits per heavy atom. The van der Waals surface area contributed by atoms with Gasteiger partial charge in [-0.25, -0.2) is 4.79 Å². The highest BCUT2D eigenvalue weighted by Gasteiger charge is 2.15. The monoisotopic (exact) mass is 276 g/mol. The molecule has 0 radical (unpaired) electrons. The van der Waals surface area contributed by atoms with E-state index < -0.39 is 17.5 Å². The Labute approximate surface area is 113 Å². The quantitative estimate of drug-likeness (QED) is 0.824. The molecule has 0 aliphatic heterocycles. The van der Waals surface area contributed by atoms with Gasteiger partial charge in [0.2, 0.25) is 0 Å². The van der Waals surface area contributed by atoms with Gasteiger partial charge in [0.1, 0.15) is 12.2 Å². The summed E-state index contributed by atoms with van der Waals surface area (Å²) in [5.41, 5.74) is 5.29. The summed E-state index contributed by atoms with van der Waals surface area (Å²) in [6, 6.07) is 1.33. The molecule has 0 aliphatic rings. The first-order chi connectivity index (χ1) is 9.40. The fraction of sp³-hybridized carbons (Fsp3) is 0.231. The van der Waals surface area contributed by atoms with Crippen LogP contribution in [0.25, 0.3) is 11.0 Å². The van der Waals surface area contributed by atoms with E-state index in [1.807, 2.05) is 0 Å². The Bertz CT molecular complexity index is 763. The van der Waals surface area contributed by atoms with Crippen LogP contribution < -0.4 is 11.4 Å². The number of fused-ring (bicyclic) bond motifs is 1. The van der Waals surface area contributed by atoms with Gasteiger partial charge in [-0.15, -0.1) is 0 Å². The molecule has 0 atom stereocenters. The predicted octanol–water partition coefficient (Wildman–Crippen LogP) is 0.658. The molecule has 2 rings (SSSR count). The number of primary amides is 1. The summed E-state index contributed by atoms with van der Waals surface area (Å²) in [4.78, 5) is 37.7. The summed E-state index contributed by atoms with van der Waals surface area (Å²) < 4.78 is 9.96. The normalized spacial score (nSPS) is 10.5. The van der Waals surface area contributed by atoms with Crippen molar-refractivity contribution in [2.45, 2.75) is 20.5 Å². The molecule has 0 saturated heterocycles. The molecule has 0 fully saturated rings. The number of ether oxygens (including phenoxy) is 1. The molecule has 2 aromatic heterocycles. The maximum atomic E-state index is 11.6. The number of esters is 1. The molecule has 7 heteroatoms. The molecule has 1 amide bonds. The molecule has 0 unspecified atom stereocenters. The number of nitrogens with two attached hydrogens (primary N) is 1. The Hall–Kier alpha value is -2.70. The molecular formula is C13H12N2O5. The molecule has 2 aromatic rings. The highest BCUT2D eigenvalue weighted by molar-refractivity contribution is 5.96. The largest absolute Gasteiger partial charge is 0.461 e. The summed E-state index contributed by atoms with van der Waals surface area (Å²) >= 11 is 0. The number of aryl methyl sites for hydroxylation is 1. The van der Waals surface area contributed by atoms with Crippen LogP contribution in [0.15, 0.2) is 21.5 Å². The second-order valence-corrected chi connectivity index (χ2v) is 4.20. The van der Waals surface area contributed by atoms with E-state index in [1.165, 1.54) is 19.2 Å². The van der Waals surface area contributed by atoms with Gasteiger partial charge in [0.05, 0.1) is 5.69 Å². The number of hydrogen-bond donors (Lipinski definition) is 1. The lowest BCUT2D eigenvalue weighted by molar-refractivity contribution is -0.142. The zero-order chi connectivity index (χ0) is 14.9. The number of rotatable bonds is 3. The summed E-state index contributed by atoms with van der Waals surface area (Å²) in [7, 11) is 0. The number of nitrogens with zero attached hydrogens (tertiary/aromatic N) is 1. The lowest BCUT2D eigenvalue weighted by atomic mass is 10.1. The first-order valence-electron chi connectivity index (χ1n) is 5.75. The zero-order valence-corrected chi connectivity index (χ0v) is 10.9. The van der Waals surface area contributed by atoms with Crippen molar-refractivity contribution >= 4 is 22.8 Å². The van der Waals surface area contributed by atoms with Gasteiger partial charge in [-0.05, 0) is 13.0 Å². The first kappa shape index (κ1) is 13.7. The van der Waals surface area contributed by atoms with Crippen LogP contribution in [0.5, 0.6) is 0 Å². The van der Waals surface area contributed by atoms with Crippen molar-refractivity contribution < 1.29 is 18.7 Å². The lowest BCUT2D eigenvalue weighted by Gasteiger charge is -2.08. The van der Waals surface area contributed by atoms with E-state index in [4.69, 9.17) is 14.9 Å². The van der Waals surface area contributed by atoms with Crippen molar-refractivity contribution in [1.82, 2.24) is 4.98 Å². The molecule has 0 spiro atoms. The number of aromatic nitrogens is 1. The van der Waals surface area contributed by atoms with Gasteiger partial charge < -0.3 is 14.9 Å². The van der Waals surface area contributed by atoms with Crippen molar-refractivity contribution in [3.05, 3.63) is 39.5 Å². The van der Waals surface area contributed by atoms with E-state index >= 15 is 0 Å². The Morgan fingerprint density at radius 2 is 2.15 bits per heavy atom. The minimum Gasteiger partial charge on any atom is -0.461 e. The molecule has 2 N–H and O–H groups in total. The van der Waals surface area contributed by atoms with Crippen LogP contribution in [0.2, 0.25) is 0 Å². The van der Waals surface area contributed by atoms with Gasteiger partial charge >= 0.3 is 11.6 Å². The van der Waals surface area contributed by atoms with Crippen LogP contribution in [0, 0.1) is 6.92 Å². The van der Waals surface area contributed by atoms with E-state index in [2.05, 4.69) is 4.98 Å². The minimum atomic E-state index is -0.881. The fourth-order valence-electron chi connectivity index (χ4n) is 1.75. The zero-order valence-electron chi connectivity index (χ0n) is 10.9. The average molecular weight is 276 g/mol. The van der Waals surface area contributed by atoms with Crippen molar-refractivity contribution in [2.75, 3.05) is 0 Å². The minimum absolute atomic E-state index is 0.0367. The van der Waals surface area contributed by atoms with Crippen molar-refractivity contribution in [3.63, 3.8) is 0 Å². The van der Waals surface area contributed by atoms with Crippen LogP contribution in [0.3, 0.4) is 0 Å².